The largest absolute Gasteiger partial charge is 0.309 e. The van der Waals surface area contributed by atoms with E-state index in [2.05, 4.69) is 73.6 Å². The lowest BCUT2D eigenvalue weighted by Crippen LogP contribution is -2.12. The zero-order chi connectivity index (χ0) is 16.8. The molecule has 1 aliphatic rings. The van der Waals surface area contributed by atoms with Crippen molar-refractivity contribution >= 4 is 5.57 Å². The van der Waals surface area contributed by atoms with Gasteiger partial charge in [-0.15, -0.1) is 0 Å². The van der Waals surface area contributed by atoms with Crippen molar-refractivity contribution in [1.29, 1.82) is 0 Å². The van der Waals surface area contributed by atoms with E-state index in [1.54, 1.807) is 11.1 Å². The number of nitrogens with zero attached hydrogens (tertiary/aromatic N) is 1. The average molecular weight is 319 g/mol. The Bertz CT molecular complexity index is 682. The van der Waals surface area contributed by atoms with Gasteiger partial charge in [-0.3, -0.25) is 0 Å². The van der Waals surface area contributed by atoms with Gasteiger partial charge >= 0.3 is 0 Å². The third-order valence-electron chi connectivity index (χ3n) is 4.92. The number of hydrogen-bond donors (Lipinski definition) is 0. The van der Waals surface area contributed by atoms with Crippen molar-refractivity contribution in [2.75, 3.05) is 20.6 Å². The Balaban J connectivity index is 1.94. The van der Waals surface area contributed by atoms with Crippen LogP contribution in [0.3, 0.4) is 0 Å². The minimum absolute atomic E-state index is 1.08. The van der Waals surface area contributed by atoms with Crippen molar-refractivity contribution in [1.82, 2.24) is 4.90 Å². The number of hydrogen-bond acceptors (Lipinski definition) is 1. The van der Waals surface area contributed by atoms with Crippen molar-refractivity contribution in [3.63, 3.8) is 0 Å². The minimum atomic E-state index is 1.08. The van der Waals surface area contributed by atoms with Gasteiger partial charge in [0.05, 0.1) is 0 Å². The molecular weight excluding hydrogens is 290 g/mol. The van der Waals surface area contributed by atoms with E-state index in [9.17, 15) is 0 Å². The third kappa shape index (κ3) is 4.36. The summed E-state index contributed by atoms with van der Waals surface area (Å²) in [5.41, 5.74) is 7.21. The molecule has 2 aromatic rings. The molecule has 0 fully saturated rings. The first-order chi connectivity index (χ1) is 11.7. The van der Waals surface area contributed by atoms with Gasteiger partial charge in [-0.2, -0.15) is 0 Å². The maximum atomic E-state index is 2.45. The van der Waals surface area contributed by atoms with E-state index in [-0.39, 0.29) is 0 Å². The van der Waals surface area contributed by atoms with Crippen LogP contribution < -0.4 is 0 Å². The van der Waals surface area contributed by atoms with Crippen LogP contribution in [-0.2, 0) is 12.8 Å². The number of rotatable bonds is 5. The molecule has 0 aromatic heterocycles. The monoisotopic (exact) mass is 319 g/mol. The summed E-state index contributed by atoms with van der Waals surface area (Å²) in [6.07, 6.45) is 10.0. The molecule has 0 bridgehead atoms. The van der Waals surface area contributed by atoms with Crippen LogP contribution >= 0.6 is 0 Å². The third-order valence-corrected chi connectivity index (χ3v) is 4.92. The molecule has 1 heteroatoms. The Kier molecular flexibility index (Phi) is 5.87. The Morgan fingerprint density at radius 3 is 2.38 bits per heavy atom. The first kappa shape index (κ1) is 17.0. The molecule has 0 atom stereocenters. The van der Waals surface area contributed by atoms with E-state index < -0.39 is 0 Å². The standard InChI is InChI=1S/C23H29N/c1-24(2)17-9-14-23(20-11-6-4-7-12-20)22-16-15-19-10-5-3-8-13-21(19)18-22/h4,6-7,11-12,14-16,18H,3,5,8-10,13,17H2,1-2H3/b23-14-. The molecule has 0 saturated carbocycles. The highest BCUT2D eigenvalue weighted by Gasteiger charge is 2.11. The van der Waals surface area contributed by atoms with E-state index in [4.69, 9.17) is 0 Å². The molecule has 126 valence electrons. The van der Waals surface area contributed by atoms with Crippen molar-refractivity contribution in [3.8, 4) is 0 Å². The zero-order valence-corrected chi connectivity index (χ0v) is 15.1. The Morgan fingerprint density at radius 1 is 0.875 bits per heavy atom. The maximum Gasteiger partial charge on any atom is 0.00101 e. The zero-order valence-electron chi connectivity index (χ0n) is 15.1. The second-order valence-electron chi connectivity index (χ2n) is 7.12. The predicted molar refractivity (Wildman–Crippen MR) is 104 cm³/mol. The molecule has 0 unspecified atom stereocenters. The van der Waals surface area contributed by atoms with Gasteiger partial charge in [0, 0.05) is 6.54 Å². The molecule has 0 spiro atoms. The van der Waals surface area contributed by atoms with E-state index in [1.807, 2.05) is 0 Å². The fourth-order valence-corrected chi connectivity index (χ4v) is 3.56. The van der Waals surface area contributed by atoms with Crippen LogP contribution in [0.5, 0.6) is 0 Å². The van der Waals surface area contributed by atoms with Gasteiger partial charge in [-0.05, 0) is 74.0 Å². The summed E-state index contributed by atoms with van der Waals surface area (Å²) >= 11 is 0. The molecule has 2 aromatic carbocycles. The maximum absolute atomic E-state index is 2.45. The quantitative estimate of drug-likeness (QED) is 0.672. The van der Waals surface area contributed by atoms with E-state index in [0.29, 0.717) is 0 Å². The van der Waals surface area contributed by atoms with Crippen molar-refractivity contribution in [3.05, 3.63) is 76.9 Å². The fourth-order valence-electron chi connectivity index (χ4n) is 3.56. The molecule has 1 nitrogen and oxygen atoms in total. The van der Waals surface area contributed by atoms with E-state index >= 15 is 0 Å². The topological polar surface area (TPSA) is 3.24 Å². The summed E-state index contributed by atoms with van der Waals surface area (Å²) in [7, 11) is 4.27. The van der Waals surface area contributed by atoms with Gasteiger partial charge in [-0.1, -0.05) is 61.0 Å². The van der Waals surface area contributed by atoms with Crippen molar-refractivity contribution in [2.45, 2.75) is 38.5 Å². The van der Waals surface area contributed by atoms with Crippen LogP contribution in [0.4, 0.5) is 0 Å². The summed E-state index contributed by atoms with van der Waals surface area (Å²) < 4.78 is 0. The molecule has 0 saturated heterocycles. The van der Waals surface area contributed by atoms with Crippen LogP contribution in [0.15, 0.2) is 54.6 Å². The second-order valence-corrected chi connectivity index (χ2v) is 7.12. The molecule has 0 amide bonds. The molecule has 0 aliphatic heterocycles. The average Bonchev–Trinajstić information content (AvgIpc) is 2.84. The van der Waals surface area contributed by atoms with Gasteiger partial charge in [0.25, 0.3) is 0 Å². The van der Waals surface area contributed by atoms with Crippen molar-refractivity contribution < 1.29 is 0 Å². The van der Waals surface area contributed by atoms with Gasteiger partial charge in [0.15, 0.2) is 0 Å². The fraction of sp³-hybridized carbons (Fsp3) is 0.391. The van der Waals surface area contributed by atoms with Gasteiger partial charge < -0.3 is 4.90 Å². The smallest absolute Gasteiger partial charge is 0.00101 e. The van der Waals surface area contributed by atoms with Crippen LogP contribution in [0.2, 0.25) is 0 Å². The summed E-state index contributed by atoms with van der Waals surface area (Å²) in [6, 6.07) is 18.0. The summed E-state index contributed by atoms with van der Waals surface area (Å²) in [6.45, 7) is 1.08. The van der Waals surface area contributed by atoms with E-state index in [0.717, 1.165) is 13.0 Å². The molecule has 24 heavy (non-hydrogen) atoms. The minimum Gasteiger partial charge on any atom is -0.309 e. The van der Waals surface area contributed by atoms with Gasteiger partial charge in [0.2, 0.25) is 0 Å². The van der Waals surface area contributed by atoms with Gasteiger partial charge in [-0.25, -0.2) is 0 Å². The Labute approximate surface area is 147 Å². The number of fused-ring (bicyclic) bond motifs is 1. The van der Waals surface area contributed by atoms with Crippen LogP contribution in [0.1, 0.15) is 47.9 Å². The van der Waals surface area contributed by atoms with E-state index in [1.165, 1.54) is 48.8 Å². The Morgan fingerprint density at radius 2 is 1.62 bits per heavy atom. The molecule has 3 rings (SSSR count). The summed E-state index contributed by atoms with van der Waals surface area (Å²) in [5.74, 6) is 0. The molecular formula is C23H29N. The normalized spacial score (nSPS) is 15.2. The second kappa shape index (κ2) is 8.30. The van der Waals surface area contributed by atoms with Gasteiger partial charge in [0.1, 0.15) is 0 Å². The first-order valence-corrected chi connectivity index (χ1v) is 9.26. The lowest BCUT2D eigenvalue weighted by Gasteiger charge is -2.14. The highest BCUT2D eigenvalue weighted by molar-refractivity contribution is 5.80. The summed E-state index contributed by atoms with van der Waals surface area (Å²) in [4.78, 5) is 2.25. The van der Waals surface area contributed by atoms with Crippen LogP contribution in [-0.4, -0.2) is 25.5 Å². The first-order valence-electron chi connectivity index (χ1n) is 9.26. The Hall–Kier alpha value is -1.86. The predicted octanol–water partition coefficient (Wildman–Crippen LogP) is 5.34. The molecule has 0 radical (unpaired) electrons. The number of aryl methyl sites for hydroxylation is 2. The highest BCUT2D eigenvalue weighted by atomic mass is 15.0. The van der Waals surface area contributed by atoms with Crippen molar-refractivity contribution in [2.24, 2.45) is 0 Å². The molecule has 0 heterocycles. The number of benzene rings is 2. The van der Waals surface area contributed by atoms with Crippen LogP contribution in [0, 0.1) is 0 Å². The highest BCUT2D eigenvalue weighted by Crippen LogP contribution is 2.28. The van der Waals surface area contributed by atoms with Crippen LogP contribution in [0.25, 0.3) is 5.57 Å². The lowest BCUT2D eigenvalue weighted by atomic mass is 9.92. The molecule has 0 N–H and O–H groups in total. The molecule has 1 aliphatic carbocycles. The lowest BCUT2D eigenvalue weighted by molar-refractivity contribution is 0.417. The summed E-state index contributed by atoms with van der Waals surface area (Å²) in [5, 5.41) is 0. The SMILES string of the molecule is CN(C)CC/C=C(/c1ccccc1)c1ccc2c(c1)CCCCC2.